The maximum atomic E-state index is 13.7. The second kappa shape index (κ2) is 8.94. The van der Waals surface area contributed by atoms with Crippen molar-refractivity contribution in [3.05, 3.63) is 70.9 Å². The van der Waals surface area contributed by atoms with Crippen LogP contribution in [0.4, 0.5) is 11.4 Å². The van der Waals surface area contributed by atoms with Gasteiger partial charge in [0.15, 0.2) is 5.78 Å². The average molecular weight is 458 g/mol. The first-order chi connectivity index (χ1) is 16.3. The Morgan fingerprint density at radius 3 is 2.44 bits per heavy atom. The summed E-state index contributed by atoms with van der Waals surface area (Å²) in [5.74, 6) is 0.312. The van der Waals surface area contributed by atoms with E-state index in [-0.39, 0.29) is 29.7 Å². The molecular weight excluding hydrogens is 422 g/mol. The molecule has 2 aromatic carbocycles. The molecule has 1 saturated heterocycles. The van der Waals surface area contributed by atoms with Gasteiger partial charge in [-0.2, -0.15) is 0 Å². The number of likely N-dealkylation sites (tertiary alicyclic amines) is 1. The van der Waals surface area contributed by atoms with Crippen LogP contribution in [-0.2, 0) is 9.59 Å². The molecule has 1 aliphatic carbocycles. The van der Waals surface area contributed by atoms with Crippen molar-refractivity contribution in [2.45, 2.75) is 58.9 Å². The molecule has 3 aliphatic rings. The lowest BCUT2D eigenvalue weighted by molar-refractivity contribution is -0.130. The number of nitrogens with one attached hydrogen (secondary N) is 1. The maximum Gasteiger partial charge on any atom is 0.242 e. The summed E-state index contributed by atoms with van der Waals surface area (Å²) >= 11 is 0. The molecule has 5 nitrogen and oxygen atoms in total. The van der Waals surface area contributed by atoms with Crippen LogP contribution in [0.25, 0.3) is 0 Å². The van der Waals surface area contributed by atoms with Crippen LogP contribution >= 0.6 is 0 Å². The van der Waals surface area contributed by atoms with Crippen LogP contribution in [-0.4, -0.2) is 36.2 Å². The molecule has 0 unspecified atom stereocenters. The van der Waals surface area contributed by atoms with Crippen molar-refractivity contribution >= 4 is 23.1 Å². The van der Waals surface area contributed by atoms with Gasteiger partial charge in [-0.05, 0) is 55.7 Å². The molecule has 0 aromatic heterocycles. The number of Topliss-reactive ketones (excluding diaryl/α,β-unsaturated/α-hetero) is 1. The normalized spacial score (nSPS) is 22.0. The summed E-state index contributed by atoms with van der Waals surface area (Å²) in [6, 6.07) is 16.3. The van der Waals surface area contributed by atoms with Crippen molar-refractivity contribution < 1.29 is 9.59 Å². The van der Waals surface area contributed by atoms with Crippen molar-refractivity contribution in [1.29, 1.82) is 0 Å². The van der Waals surface area contributed by atoms with Crippen molar-refractivity contribution in [1.82, 2.24) is 4.90 Å². The Morgan fingerprint density at radius 1 is 1.00 bits per heavy atom. The first-order valence-corrected chi connectivity index (χ1v) is 12.6. The molecule has 5 heteroatoms. The SMILES string of the molecule is Cc1ccc([C@H]2C3=C(CC(C)(C)CC3=O)Nc3ccccc3N2CC(=O)N2CCCCC2)cc1. The standard InChI is InChI=1S/C29H35N3O2/c1-20-11-13-21(14-12-20)28-27-23(17-29(2,3)18-25(27)33)30-22-9-5-6-10-24(22)32(28)19-26(34)31-15-7-4-8-16-31/h5-6,9-14,28,30H,4,7-8,15-19H2,1-3H3/t28-/m0/s1. The Hall–Kier alpha value is -3.08. The quantitative estimate of drug-likeness (QED) is 0.650. The molecule has 178 valence electrons. The van der Waals surface area contributed by atoms with Crippen LogP contribution in [0.5, 0.6) is 0 Å². The summed E-state index contributed by atoms with van der Waals surface area (Å²) in [6.07, 6.45) is 4.63. The number of piperidine rings is 1. The first kappa shape index (κ1) is 22.7. The highest BCUT2D eigenvalue weighted by Crippen LogP contribution is 2.48. The average Bonchev–Trinajstić information content (AvgIpc) is 2.94. The van der Waals surface area contributed by atoms with Gasteiger partial charge in [0, 0.05) is 30.8 Å². The minimum Gasteiger partial charge on any atom is -0.357 e. The van der Waals surface area contributed by atoms with Gasteiger partial charge in [-0.15, -0.1) is 0 Å². The van der Waals surface area contributed by atoms with Crippen LogP contribution in [0.3, 0.4) is 0 Å². The highest BCUT2D eigenvalue weighted by molar-refractivity contribution is 6.01. The molecule has 1 N–H and O–H groups in total. The van der Waals surface area contributed by atoms with E-state index in [1.807, 2.05) is 17.0 Å². The van der Waals surface area contributed by atoms with Gasteiger partial charge >= 0.3 is 0 Å². The topological polar surface area (TPSA) is 52.7 Å². The predicted molar refractivity (Wildman–Crippen MR) is 137 cm³/mol. The lowest BCUT2D eigenvalue weighted by Gasteiger charge is -2.39. The molecule has 1 atom stereocenters. The Morgan fingerprint density at radius 2 is 1.71 bits per heavy atom. The van der Waals surface area contributed by atoms with Crippen molar-refractivity contribution in [3.63, 3.8) is 0 Å². The van der Waals surface area contributed by atoms with Crippen LogP contribution in [0, 0.1) is 12.3 Å². The molecule has 2 heterocycles. The van der Waals surface area contributed by atoms with Crippen LogP contribution in [0.1, 0.15) is 63.1 Å². The van der Waals surface area contributed by atoms with Crippen molar-refractivity contribution in [3.8, 4) is 0 Å². The number of fused-ring (bicyclic) bond motifs is 1. The first-order valence-electron chi connectivity index (χ1n) is 12.6. The van der Waals surface area contributed by atoms with E-state index in [2.05, 4.69) is 67.4 Å². The van der Waals surface area contributed by atoms with Crippen LogP contribution < -0.4 is 10.2 Å². The largest absolute Gasteiger partial charge is 0.357 e. The maximum absolute atomic E-state index is 13.7. The number of carbonyl (C=O) groups is 2. The highest BCUT2D eigenvalue weighted by Gasteiger charge is 2.42. The summed E-state index contributed by atoms with van der Waals surface area (Å²) < 4.78 is 0. The number of aryl methyl sites for hydroxylation is 1. The molecule has 0 bridgehead atoms. The van der Waals surface area contributed by atoms with E-state index in [1.165, 1.54) is 12.0 Å². The predicted octanol–water partition coefficient (Wildman–Crippen LogP) is 5.62. The number of benzene rings is 2. The monoisotopic (exact) mass is 457 g/mol. The summed E-state index contributed by atoms with van der Waals surface area (Å²) in [6.45, 7) is 8.29. The number of amides is 1. The molecule has 5 rings (SSSR count). The zero-order valence-electron chi connectivity index (χ0n) is 20.6. The number of ketones is 1. The third-order valence-corrected chi connectivity index (χ3v) is 7.41. The van der Waals surface area contributed by atoms with Gasteiger partial charge in [0.1, 0.15) is 0 Å². The van der Waals surface area contributed by atoms with Gasteiger partial charge in [-0.3, -0.25) is 9.59 Å². The Kier molecular flexibility index (Phi) is 5.97. The fraction of sp³-hybridized carbons (Fsp3) is 0.448. The van der Waals surface area contributed by atoms with Gasteiger partial charge < -0.3 is 15.1 Å². The third kappa shape index (κ3) is 4.36. The van der Waals surface area contributed by atoms with Gasteiger partial charge in [0.2, 0.25) is 5.91 Å². The van der Waals surface area contributed by atoms with E-state index < -0.39 is 0 Å². The third-order valence-electron chi connectivity index (χ3n) is 7.41. The molecule has 34 heavy (non-hydrogen) atoms. The number of carbonyl (C=O) groups excluding carboxylic acids is 2. The second-order valence-electron chi connectivity index (χ2n) is 10.9. The van der Waals surface area contributed by atoms with Gasteiger partial charge in [-0.1, -0.05) is 55.8 Å². The molecule has 1 amide bonds. The van der Waals surface area contributed by atoms with Gasteiger partial charge in [-0.25, -0.2) is 0 Å². The fourth-order valence-corrected chi connectivity index (χ4v) is 5.71. The van der Waals surface area contributed by atoms with E-state index in [1.54, 1.807) is 0 Å². The van der Waals surface area contributed by atoms with Crippen LogP contribution in [0.2, 0.25) is 0 Å². The number of anilines is 2. The van der Waals surface area contributed by atoms with E-state index in [9.17, 15) is 9.59 Å². The van der Waals surface area contributed by atoms with E-state index in [0.29, 0.717) is 6.42 Å². The lowest BCUT2D eigenvalue weighted by Crippen LogP contribution is -2.45. The van der Waals surface area contributed by atoms with Crippen molar-refractivity contribution in [2.75, 3.05) is 29.9 Å². The number of hydrogen-bond donors (Lipinski definition) is 1. The van der Waals surface area contributed by atoms with Gasteiger partial charge in [0.25, 0.3) is 0 Å². The van der Waals surface area contributed by atoms with Crippen LogP contribution in [0.15, 0.2) is 59.8 Å². The Labute approximate surface area is 202 Å². The van der Waals surface area contributed by atoms with E-state index >= 15 is 0 Å². The number of para-hydroxylation sites is 2. The van der Waals surface area contributed by atoms with Gasteiger partial charge in [0.05, 0.1) is 24.0 Å². The Balaban J connectivity index is 1.66. The zero-order valence-corrected chi connectivity index (χ0v) is 20.6. The molecule has 0 saturated carbocycles. The Bertz CT molecular complexity index is 1130. The van der Waals surface area contributed by atoms with E-state index in [0.717, 1.165) is 60.6 Å². The molecule has 0 spiro atoms. The second-order valence-corrected chi connectivity index (χ2v) is 10.9. The highest BCUT2D eigenvalue weighted by atomic mass is 16.2. The molecule has 2 aliphatic heterocycles. The molecule has 1 fully saturated rings. The molecular formula is C29H35N3O2. The fourth-order valence-electron chi connectivity index (χ4n) is 5.71. The summed E-state index contributed by atoms with van der Waals surface area (Å²) in [7, 11) is 0. The number of hydrogen-bond acceptors (Lipinski definition) is 4. The number of rotatable bonds is 3. The summed E-state index contributed by atoms with van der Waals surface area (Å²) in [4.78, 5) is 31.4. The smallest absolute Gasteiger partial charge is 0.242 e. The zero-order chi connectivity index (χ0) is 23.9. The summed E-state index contributed by atoms with van der Waals surface area (Å²) in [5.41, 5.74) is 5.86. The molecule has 0 radical (unpaired) electrons. The number of allylic oxidation sites excluding steroid dienone is 1. The minimum atomic E-state index is -0.302. The number of nitrogens with zero attached hydrogens (tertiary/aromatic N) is 2. The lowest BCUT2D eigenvalue weighted by atomic mass is 9.73. The van der Waals surface area contributed by atoms with E-state index in [4.69, 9.17) is 0 Å². The minimum absolute atomic E-state index is 0.103. The summed E-state index contributed by atoms with van der Waals surface area (Å²) in [5, 5.41) is 3.63. The van der Waals surface area contributed by atoms with Crippen molar-refractivity contribution in [2.24, 2.45) is 5.41 Å². The molecule has 2 aromatic rings.